The number of amides is 1. The Labute approximate surface area is 233 Å². The molecule has 40 heavy (non-hydrogen) atoms. The van der Waals surface area contributed by atoms with Crippen LogP contribution < -0.4 is 15.8 Å². The van der Waals surface area contributed by atoms with Crippen LogP contribution in [0.1, 0.15) is 42.9 Å². The third-order valence-corrected chi connectivity index (χ3v) is 7.00. The predicted octanol–water partition coefficient (Wildman–Crippen LogP) is 5.56. The van der Waals surface area contributed by atoms with Crippen molar-refractivity contribution in [2.24, 2.45) is 16.6 Å². The number of carbonyl (C=O) groups excluding carboxylic acids is 1. The molecule has 2 atom stereocenters. The number of methoxy groups -OCH3 is 1. The van der Waals surface area contributed by atoms with Crippen molar-refractivity contribution in [3.8, 4) is 5.75 Å². The molecule has 0 bridgehead atoms. The fourth-order valence-electron chi connectivity index (χ4n) is 4.59. The first kappa shape index (κ1) is 31.2. The first-order valence-electron chi connectivity index (χ1n) is 13.3. The molecule has 0 spiro atoms. The van der Waals surface area contributed by atoms with Gasteiger partial charge in [0.25, 0.3) is 0 Å². The summed E-state index contributed by atoms with van der Waals surface area (Å²) in [6, 6.07) is 13.0. The highest BCUT2D eigenvalue weighted by Gasteiger charge is 2.41. The number of hydrogen-bond acceptors (Lipinski definition) is 6. The highest BCUT2D eigenvalue weighted by Crippen LogP contribution is 2.31. The van der Waals surface area contributed by atoms with Gasteiger partial charge in [0.05, 0.1) is 26.0 Å². The van der Waals surface area contributed by atoms with E-state index in [1.54, 1.807) is 24.3 Å². The van der Waals surface area contributed by atoms with Crippen LogP contribution in [0.3, 0.4) is 0 Å². The molecule has 2 aromatic carbocycles. The molecule has 1 aliphatic rings. The highest BCUT2D eigenvalue weighted by molar-refractivity contribution is 6.03. The van der Waals surface area contributed by atoms with E-state index in [2.05, 4.69) is 11.4 Å². The zero-order chi connectivity index (χ0) is 29.1. The van der Waals surface area contributed by atoms with Gasteiger partial charge in [0.1, 0.15) is 5.75 Å². The standard InChI is InChI=1S/C30H38F3N3O4/c1-20-4-10-27-24(16-20)7-11-26(36-27)21(2)29(34)23(12-14-35-19-37)13-15-40-28(30(31,32)33)18-39-17-22-5-8-25(38-3)9-6-22/h4-6,8-10,16,19,23,28H,7,11-15,17-18,34H2,1-3H3,(H,35,37)/b29-21-. The molecule has 10 heteroatoms. The Morgan fingerprint density at radius 2 is 1.90 bits per heavy atom. The maximum absolute atomic E-state index is 13.7. The molecule has 3 rings (SSSR count). The molecular formula is C30H38F3N3O4. The van der Waals surface area contributed by atoms with E-state index in [1.165, 1.54) is 18.2 Å². The molecule has 3 N–H and O–H groups in total. The lowest BCUT2D eigenvalue weighted by Gasteiger charge is -2.25. The second-order valence-electron chi connectivity index (χ2n) is 9.88. The first-order valence-corrected chi connectivity index (χ1v) is 13.3. The molecule has 0 aromatic heterocycles. The third kappa shape index (κ3) is 9.09. The molecular weight excluding hydrogens is 523 g/mol. The van der Waals surface area contributed by atoms with Crippen LogP contribution in [0.5, 0.6) is 5.75 Å². The van der Waals surface area contributed by atoms with Gasteiger partial charge in [-0.15, -0.1) is 0 Å². The summed E-state index contributed by atoms with van der Waals surface area (Å²) in [4.78, 5) is 15.6. The smallest absolute Gasteiger partial charge is 0.416 e. The minimum absolute atomic E-state index is 0.0135. The minimum atomic E-state index is -4.59. The summed E-state index contributed by atoms with van der Waals surface area (Å²) in [6.45, 7) is 3.47. The molecule has 1 heterocycles. The molecule has 0 saturated heterocycles. The van der Waals surface area contributed by atoms with Gasteiger partial charge in [0.2, 0.25) is 6.41 Å². The summed E-state index contributed by atoms with van der Waals surface area (Å²) in [5.74, 6) is 0.348. The normalized spacial score (nSPS) is 15.4. The molecule has 7 nitrogen and oxygen atoms in total. The van der Waals surface area contributed by atoms with Crippen LogP contribution in [-0.4, -0.2) is 51.3 Å². The second kappa shape index (κ2) is 14.9. The van der Waals surface area contributed by atoms with Crippen LogP contribution in [0.2, 0.25) is 0 Å². The summed E-state index contributed by atoms with van der Waals surface area (Å²) in [6.07, 6.45) is -3.81. The van der Waals surface area contributed by atoms with Gasteiger partial charge in [-0.25, -0.2) is 0 Å². The number of nitrogens with zero attached hydrogens (tertiary/aromatic N) is 1. The van der Waals surface area contributed by atoms with Crippen LogP contribution in [0.15, 0.2) is 58.7 Å². The van der Waals surface area contributed by atoms with Crippen molar-refractivity contribution < 1.29 is 32.2 Å². The molecule has 2 aromatic rings. The van der Waals surface area contributed by atoms with Crippen molar-refractivity contribution in [2.75, 3.05) is 26.9 Å². The van der Waals surface area contributed by atoms with E-state index < -0.39 is 18.9 Å². The molecule has 0 saturated carbocycles. The number of alkyl halides is 3. The van der Waals surface area contributed by atoms with E-state index in [0.717, 1.165) is 35.4 Å². The molecule has 0 fully saturated rings. The molecule has 1 aliphatic heterocycles. The quantitative estimate of drug-likeness (QED) is 0.219. The Balaban J connectivity index is 1.64. The number of ether oxygens (including phenoxy) is 3. The lowest BCUT2D eigenvalue weighted by molar-refractivity contribution is -0.235. The number of aliphatic imine (C=N–C) groups is 1. The van der Waals surface area contributed by atoms with Crippen LogP contribution >= 0.6 is 0 Å². The molecule has 1 amide bonds. The topological polar surface area (TPSA) is 95.2 Å². The Bertz CT molecular complexity index is 1180. The van der Waals surface area contributed by atoms with Crippen LogP contribution in [0.4, 0.5) is 18.9 Å². The van der Waals surface area contributed by atoms with Crippen molar-refractivity contribution in [1.29, 1.82) is 0 Å². The van der Waals surface area contributed by atoms with E-state index in [9.17, 15) is 18.0 Å². The lowest BCUT2D eigenvalue weighted by atomic mass is 9.90. The van der Waals surface area contributed by atoms with E-state index in [1.807, 2.05) is 26.0 Å². The van der Waals surface area contributed by atoms with Crippen molar-refractivity contribution in [2.45, 2.75) is 58.4 Å². The average Bonchev–Trinajstić information content (AvgIpc) is 2.94. The number of allylic oxidation sites excluding steroid dienone is 2. The SMILES string of the molecule is COc1ccc(COCC(OCCC(CCNC=O)/C(N)=C(\C)C2=Nc3ccc(C)cc3CC2)C(F)(F)F)cc1. The average molecular weight is 562 g/mol. The monoisotopic (exact) mass is 561 g/mol. The number of halogens is 3. The van der Waals surface area contributed by atoms with Crippen molar-refractivity contribution >= 4 is 17.8 Å². The highest BCUT2D eigenvalue weighted by atomic mass is 19.4. The van der Waals surface area contributed by atoms with Gasteiger partial charge in [-0.3, -0.25) is 9.79 Å². The fourth-order valence-corrected chi connectivity index (χ4v) is 4.59. The Morgan fingerprint density at radius 1 is 1.15 bits per heavy atom. The largest absolute Gasteiger partial charge is 0.497 e. The lowest BCUT2D eigenvalue weighted by Crippen LogP contribution is -2.36. The Hall–Kier alpha value is -3.37. The van der Waals surface area contributed by atoms with Crippen LogP contribution in [0, 0.1) is 12.8 Å². The molecule has 0 aliphatic carbocycles. The summed E-state index contributed by atoms with van der Waals surface area (Å²) < 4.78 is 56.7. The summed E-state index contributed by atoms with van der Waals surface area (Å²) >= 11 is 0. The number of hydrogen-bond donors (Lipinski definition) is 2. The molecule has 218 valence electrons. The first-order chi connectivity index (χ1) is 19.1. The number of nitrogens with one attached hydrogen (secondary N) is 1. The summed E-state index contributed by atoms with van der Waals surface area (Å²) in [5.41, 5.74) is 12.8. The number of benzene rings is 2. The number of carbonyl (C=O) groups is 1. The third-order valence-electron chi connectivity index (χ3n) is 7.00. The van der Waals surface area contributed by atoms with Gasteiger partial charge < -0.3 is 25.3 Å². The molecule has 0 radical (unpaired) electrons. The van der Waals surface area contributed by atoms with Gasteiger partial charge in [0, 0.05) is 30.5 Å². The van der Waals surface area contributed by atoms with E-state index >= 15 is 0 Å². The van der Waals surface area contributed by atoms with Gasteiger partial charge >= 0.3 is 6.18 Å². The van der Waals surface area contributed by atoms with Crippen molar-refractivity contribution in [1.82, 2.24) is 5.32 Å². The maximum atomic E-state index is 13.7. The number of fused-ring (bicyclic) bond motifs is 1. The minimum Gasteiger partial charge on any atom is -0.497 e. The Kier molecular flexibility index (Phi) is 11.6. The zero-order valence-electron chi connectivity index (χ0n) is 23.2. The second-order valence-corrected chi connectivity index (χ2v) is 9.88. The van der Waals surface area contributed by atoms with Gasteiger partial charge in [0.15, 0.2) is 6.10 Å². The number of aryl methyl sites for hydroxylation is 2. The molecule has 2 unspecified atom stereocenters. The number of nitrogens with two attached hydrogens (primary N) is 1. The van der Waals surface area contributed by atoms with E-state index in [0.29, 0.717) is 30.8 Å². The van der Waals surface area contributed by atoms with Crippen LogP contribution in [0.25, 0.3) is 0 Å². The summed E-state index contributed by atoms with van der Waals surface area (Å²) in [5, 5.41) is 2.61. The Morgan fingerprint density at radius 3 is 2.58 bits per heavy atom. The van der Waals surface area contributed by atoms with Gasteiger partial charge in [-0.2, -0.15) is 13.2 Å². The maximum Gasteiger partial charge on any atom is 0.416 e. The fraction of sp³-hybridized carbons (Fsp3) is 0.467. The van der Waals surface area contributed by atoms with Gasteiger partial charge in [-0.1, -0.05) is 29.8 Å². The van der Waals surface area contributed by atoms with Crippen molar-refractivity contribution in [3.05, 3.63) is 70.4 Å². The summed E-state index contributed by atoms with van der Waals surface area (Å²) in [7, 11) is 1.54. The van der Waals surface area contributed by atoms with Crippen molar-refractivity contribution in [3.63, 3.8) is 0 Å². The van der Waals surface area contributed by atoms with Crippen LogP contribution in [-0.2, 0) is 27.3 Å². The van der Waals surface area contributed by atoms with E-state index in [-0.39, 0.29) is 25.6 Å². The van der Waals surface area contributed by atoms with E-state index in [4.69, 9.17) is 24.9 Å². The van der Waals surface area contributed by atoms with Gasteiger partial charge in [-0.05, 0) is 74.4 Å². The number of rotatable bonds is 15. The predicted molar refractivity (Wildman–Crippen MR) is 149 cm³/mol. The zero-order valence-corrected chi connectivity index (χ0v) is 23.2.